The van der Waals surface area contributed by atoms with Gasteiger partial charge in [0.1, 0.15) is 11.5 Å². The van der Waals surface area contributed by atoms with Crippen LogP contribution in [0, 0.1) is 12.8 Å². The van der Waals surface area contributed by atoms with Crippen LogP contribution < -0.4 is 0 Å². The Bertz CT molecular complexity index is 491. The third kappa shape index (κ3) is 3.16. The molecule has 0 saturated heterocycles. The van der Waals surface area contributed by atoms with Crippen molar-refractivity contribution in [2.75, 3.05) is 7.05 Å². The highest BCUT2D eigenvalue weighted by atomic mass is 16.6. The number of hydrogen-bond donors (Lipinski definition) is 0. The van der Waals surface area contributed by atoms with Crippen molar-refractivity contribution in [1.82, 2.24) is 4.90 Å². The summed E-state index contributed by atoms with van der Waals surface area (Å²) in [7, 11) is 1.75. The van der Waals surface area contributed by atoms with Crippen LogP contribution in [0.1, 0.15) is 31.8 Å². The minimum Gasteiger partial charge on any atom is -0.464 e. The number of amides is 1. The first kappa shape index (κ1) is 13.6. The van der Waals surface area contributed by atoms with Gasteiger partial charge in [-0.05, 0) is 25.0 Å². The quantitative estimate of drug-likeness (QED) is 0.838. The van der Waals surface area contributed by atoms with Gasteiger partial charge in [0, 0.05) is 13.5 Å². The molecule has 1 amide bonds. The summed E-state index contributed by atoms with van der Waals surface area (Å²) in [4.78, 5) is 19.0. The van der Waals surface area contributed by atoms with E-state index >= 15 is 0 Å². The fourth-order valence-corrected chi connectivity index (χ4v) is 2.00. The van der Waals surface area contributed by atoms with Gasteiger partial charge < -0.3 is 14.2 Å². The molecule has 0 N–H and O–H groups in total. The molecule has 0 unspecified atom stereocenters. The monoisotopic (exact) mass is 264 g/mol. The van der Waals surface area contributed by atoms with Gasteiger partial charge >= 0.3 is 0 Å². The van der Waals surface area contributed by atoms with Crippen LogP contribution in [0.2, 0.25) is 0 Å². The SMILES string of the molecule is Cc1ccc(CN(C)C(=O)[C@@H]2CC(C(C)C)=NO2)o1. The molecule has 104 valence electrons. The fraction of sp³-hybridized carbons (Fsp3) is 0.571. The lowest BCUT2D eigenvalue weighted by Gasteiger charge is -2.18. The molecule has 2 heterocycles. The molecule has 0 fully saturated rings. The lowest BCUT2D eigenvalue weighted by molar-refractivity contribution is -0.141. The summed E-state index contributed by atoms with van der Waals surface area (Å²) in [5, 5.41) is 3.98. The van der Waals surface area contributed by atoms with Gasteiger partial charge in [-0.2, -0.15) is 0 Å². The first-order valence-electron chi connectivity index (χ1n) is 6.50. The summed E-state index contributed by atoms with van der Waals surface area (Å²) in [6.45, 7) is 6.42. The molecule has 0 spiro atoms. The van der Waals surface area contributed by atoms with Gasteiger partial charge in [-0.15, -0.1) is 0 Å². The maximum Gasteiger partial charge on any atom is 0.267 e. The largest absolute Gasteiger partial charge is 0.464 e. The van der Waals surface area contributed by atoms with Crippen LogP contribution in [0.4, 0.5) is 0 Å². The normalized spacial score (nSPS) is 18.4. The topological polar surface area (TPSA) is 55.0 Å². The first-order valence-corrected chi connectivity index (χ1v) is 6.50. The zero-order valence-corrected chi connectivity index (χ0v) is 11.8. The maximum atomic E-state index is 12.2. The minimum atomic E-state index is -0.488. The molecule has 5 nitrogen and oxygen atoms in total. The summed E-state index contributed by atoms with van der Waals surface area (Å²) < 4.78 is 5.46. The number of carbonyl (C=O) groups excluding carboxylic acids is 1. The van der Waals surface area contributed by atoms with Crippen LogP contribution in [0.5, 0.6) is 0 Å². The number of carbonyl (C=O) groups is 1. The van der Waals surface area contributed by atoms with Gasteiger partial charge in [0.05, 0.1) is 12.3 Å². The summed E-state index contributed by atoms with van der Waals surface area (Å²) in [5.41, 5.74) is 0.945. The summed E-state index contributed by atoms with van der Waals surface area (Å²) in [6, 6.07) is 3.77. The lowest BCUT2D eigenvalue weighted by atomic mass is 10.0. The Morgan fingerprint density at radius 3 is 2.79 bits per heavy atom. The van der Waals surface area contributed by atoms with Crippen molar-refractivity contribution in [2.45, 2.75) is 39.8 Å². The van der Waals surface area contributed by atoms with Crippen molar-refractivity contribution < 1.29 is 14.0 Å². The van der Waals surface area contributed by atoms with Crippen LogP contribution in [0.25, 0.3) is 0 Å². The number of likely N-dealkylation sites (N-methyl/N-ethyl adjacent to an activating group) is 1. The van der Waals surface area contributed by atoms with Crippen LogP contribution in [-0.2, 0) is 16.2 Å². The van der Waals surface area contributed by atoms with E-state index in [0.717, 1.165) is 17.2 Å². The van der Waals surface area contributed by atoms with Crippen molar-refractivity contribution in [3.05, 3.63) is 23.7 Å². The summed E-state index contributed by atoms with van der Waals surface area (Å²) in [6.07, 6.45) is 0.0938. The molecule has 19 heavy (non-hydrogen) atoms. The van der Waals surface area contributed by atoms with E-state index in [1.807, 2.05) is 32.9 Å². The van der Waals surface area contributed by atoms with E-state index in [2.05, 4.69) is 5.16 Å². The van der Waals surface area contributed by atoms with Gasteiger partial charge in [0.2, 0.25) is 6.10 Å². The minimum absolute atomic E-state index is 0.0616. The van der Waals surface area contributed by atoms with Crippen LogP contribution in [0.15, 0.2) is 21.7 Å². The predicted molar refractivity (Wildman–Crippen MR) is 71.7 cm³/mol. The molecule has 2 rings (SSSR count). The molecule has 0 aliphatic carbocycles. The highest BCUT2D eigenvalue weighted by molar-refractivity contribution is 5.93. The number of rotatable bonds is 4. The molecule has 0 bridgehead atoms. The average Bonchev–Trinajstić information content (AvgIpc) is 2.97. The molecule has 1 aromatic heterocycles. The van der Waals surface area contributed by atoms with E-state index in [1.54, 1.807) is 11.9 Å². The number of hydrogen-bond acceptors (Lipinski definition) is 4. The fourth-order valence-electron chi connectivity index (χ4n) is 2.00. The third-order valence-corrected chi connectivity index (χ3v) is 3.20. The van der Waals surface area contributed by atoms with E-state index in [0.29, 0.717) is 18.9 Å². The summed E-state index contributed by atoms with van der Waals surface area (Å²) in [5.74, 6) is 1.87. The van der Waals surface area contributed by atoms with E-state index in [-0.39, 0.29) is 5.91 Å². The van der Waals surface area contributed by atoms with E-state index in [9.17, 15) is 4.79 Å². The van der Waals surface area contributed by atoms with E-state index in [4.69, 9.17) is 9.25 Å². The summed E-state index contributed by atoms with van der Waals surface area (Å²) >= 11 is 0. The van der Waals surface area contributed by atoms with Crippen molar-refractivity contribution in [3.63, 3.8) is 0 Å². The molecule has 0 saturated carbocycles. The van der Waals surface area contributed by atoms with Gasteiger partial charge in [-0.3, -0.25) is 4.79 Å². The Balaban J connectivity index is 1.90. The van der Waals surface area contributed by atoms with Crippen LogP contribution in [-0.4, -0.2) is 29.7 Å². The van der Waals surface area contributed by atoms with E-state index < -0.39 is 6.10 Å². The molecular weight excluding hydrogens is 244 g/mol. The molecule has 1 aliphatic heterocycles. The Morgan fingerprint density at radius 2 is 2.26 bits per heavy atom. The highest BCUT2D eigenvalue weighted by Crippen LogP contribution is 2.18. The zero-order valence-electron chi connectivity index (χ0n) is 11.8. The number of aryl methyl sites for hydroxylation is 1. The van der Waals surface area contributed by atoms with Gasteiger partial charge in [-0.1, -0.05) is 19.0 Å². The Hall–Kier alpha value is -1.78. The standard InChI is InChI=1S/C14H20N2O3/c1-9(2)12-7-13(19-15-12)14(17)16(4)8-11-6-5-10(3)18-11/h5-6,9,13H,7-8H2,1-4H3/t13-/m0/s1. The Labute approximate surface area is 113 Å². The number of nitrogens with zero attached hydrogens (tertiary/aromatic N) is 2. The molecular formula is C14H20N2O3. The van der Waals surface area contributed by atoms with Crippen LogP contribution in [0.3, 0.4) is 0 Å². The van der Waals surface area contributed by atoms with Crippen LogP contribution >= 0.6 is 0 Å². The molecule has 5 heteroatoms. The van der Waals surface area contributed by atoms with E-state index in [1.165, 1.54) is 0 Å². The van der Waals surface area contributed by atoms with Crippen molar-refractivity contribution in [2.24, 2.45) is 11.1 Å². The first-order chi connectivity index (χ1) is 8.97. The molecule has 1 aromatic rings. The maximum absolute atomic E-state index is 12.2. The predicted octanol–water partition coefficient (Wildman–Crippen LogP) is 2.35. The lowest BCUT2D eigenvalue weighted by Crippen LogP contribution is -2.36. The molecule has 0 radical (unpaired) electrons. The van der Waals surface area contributed by atoms with Gasteiger partial charge in [0.25, 0.3) is 5.91 Å². The van der Waals surface area contributed by atoms with Gasteiger partial charge in [-0.25, -0.2) is 0 Å². The molecule has 1 aliphatic rings. The number of furan rings is 1. The molecule has 0 aromatic carbocycles. The number of oxime groups is 1. The zero-order chi connectivity index (χ0) is 14.0. The Kier molecular flexibility index (Phi) is 3.93. The smallest absolute Gasteiger partial charge is 0.267 e. The molecule has 1 atom stereocenters. The van der Waals surface area contributed by atoms with Crippen molar-refractivity contribution >= 4 is 11.6 Å². The highest BCUT2D eigenvalue weighted by Gasteiger charge is 2.31. The van der Waals surface area contributed by atoms with Crippen molar-refractivity contribution in [3.8, 4) is 0 Å². The van der Waals surface area contributed by atoms with Gasteiger partial charge in [0.15, 0.2) is 0 Å². The Morgan fingerprint density at radius 1 is 1.53 bits per heavy atom. The van der Waals surface area contributed by atoms with Crippen molar-refractivity contribution in [1.29, 1.82) is 0 Å². The second-order valence-electron chi connectivity index (χ2n) is 5.24. The second kappa shape index (κ2) is 5.47. The average molecular weight is 264 g/mol. The third-order valence-electron chi connectivity index (χ3n) is 3.20. The second-order valence-corrected chi connectivity index (χ2v) is 5.24.